The van der Waals surface area contributed by atoms with E-state index in [0.29, 0.717) is 17.2 Å². The second-order valence-corrected chi connectivity index (χ2v) is 7.42. The number of hydrogen-bond donors (Lipinski definition) is 2. The van der Waals surface area contributed by atoms with Gasteiger partial charge in [0.15, 0.2) is 0 Å². The van der Waals surface area contributed by atoms with Crippen molar-refractivity contribution in [1.82, 2.24) is 15.5 Å². The number of ether oxygens (including phenoxy) is 1. The second kappa shape index (κ2) is 9.42. The van der Waals surface area contributed by atoms with Gasteiger partial charge in [0.1, 0.15) is 5.25 Å². The molecule has 25 heavy (non-hydrogen) atoms. The Bertz CT molecular complexity index is 635. The van der Waals surface area contributed by atoms with Gasteiger partial charge in [-0.1, -0.05) is 6.07 Å². The van der Waals surface area contributed by atoms with Crippen molar-refractivity contribution in [3.05, 3.63) is 22.4 Å². The molecule has 1 fully saturated rings. The molecule has 0 aromatic carbocycles. The SMILES string of the molecule is COC(=O)[C@H]1CN(C(=O)CNC(=O)CNC(=O)c2cccs2)CCS1. The van der Waals surface area contributed by atoms with Crippen molar-refractivity contribution in [2.75, 3.05) is 39.0 Å². The summed E-state index contributed by atoms with van der Waals surface area (Å²) in [7, 11) is 1.31. The van der Waals surface area contributed by atoms with E-state index < -0.39 is 11.2 Å². The third-order valence-electron chi connectivity index (χ3n) is 3.47. The molecule has 2 heterocycles. The first-order valence-corrected chi connectivity index (χ1v) is 9.49. The zero-order valence-electron chi connectivity index (χ0n) is 13.6. The van der Waals surface area contributed by atoms with E-state index in [1.54, 1.807) is 17.5 Å². The highest BCUT2D eigenvalue weighted by molar-refractivity contribution is 8.00. The number of hydrogen-bond acceptors (Lipinski definition) is 7. The molecular formula is C15H19N3O5S2. The number of thiophene rings is 1. The van der Waals surface area contributed by atoms with Crippen molar-refractivity contribution in [1.29, 1.82) is 0 Å². The number of esters is 1. The maximum atomic E-state index is 12.1. The summed E-state index contributed by atoms with van der Waals surface area (Å²) in [6.45, 7) is 0.403. The van der Waals surface area contributed by atoms with Gasteiger partial charge >= 0.3 is 5.97 Å². The topological polar surface area (TPSA) is 105 Å². The summed E-state index contributed by atoms with van der Waals surface area (Å²) in [5, 5.41) is 6.33. The summed E-state index contributed by atoms with van der Waals surface area (Å²) in [5.74, 6) is -0.773. The van der Waals surface area contributed by atoms with Crippen LogP contribution in [-0.2, 0) is 19.1 Å². The molecule has 1 atom stereocenters. The molecule has 0 bridgehead atoms. The number of carbonyl (C=O) groups is 4. The number of nitrogens with one attached hydrogen (secondary N) is 2. The van der Waals surface area contributed by atoms with E-state index in [9.17, 15) is 19.2 Å². The lowest BCUT2D eigenvalue weighted by Gasteiger charge is -2.31. The molecule has 0 aliphatic carbocycles. The Morgan fingerprint density at radius 3 is 2.76 bits per heavy atom. The number of nitrogens with zero attached hydrogens (tertiary/aromatic N) is 1. The molecule has 0 radical (unpaired) electrons. The van der Waals surface area contributed by atoms with Gasteiger partial charge in [0.05, 0.1) is 25.1 Å². The Hall–Kier alpha value is -2.07. The lowest BCUT2D eigenvalue weighted by Crippen LogP contribution is -2.49. The van der Waals surface area contributed by atoms with Gasteiger partial charge in [-0.15, -0.1) is 23.1 Å². The molecule has 136 valence electrons. The van der Waals surface area contributed by atoms with Crippen LogP contribution in [0.4, 0.5) is 0 Å². The highest BCUT2D eigenvalue weighted by Crippen LogP contribution is 2.19. The Morgan fingerprint density at radius 2 is 2.08 bits per heavy atom. The van der Waals surface area contributed by atoms with E-state index >= 15 is 0 Å². The number of carbonyl (C=O) groups excluding carboxylic acids is 4. The van der Waals surface area contributed by atoms with E-state index in [2.05, 4.69) is 10.6 Å². The quantitative estimate of drug-likeness (QED) is 0.652. The predicted octanol–water partition coefficient (Wildman–Crippen LogP) is -0.289. The van der Waals surface area contributed by atoms with Gasteiger partial charge in [-0.3, -0.25) is 19.2 Å². The molecule has 1 aliphatic heterocycles. The van der Waals surface area contributed by atoms with E-state index in [-0.39, 0.29) is 37.4 Å². The van der Waals surface area contributed by atoms with Crippen LogP contribution >= 0.6 is 23.1 Å². The van der Waals surface area contributed by atoms with Gasteiger partial charge in [0.25, 0.3) is 5.91 Å². The number of thioether (sulfide) groups is 1. The fourth-order valence-corrected chi connectivity index (χ4v) is 3.92. The zero-order chi connectivity index (χ0) is 18.2. The van der Waals surface area contributed by atoms with Gasteiger partial charge in [0.2, 0.25) is 11.8 Å². The average molecular weight is 385 g/mol. The molecular weight excluding hydrogens is 366 g/mol. The van der Waals surface area contributed by atoms with Crippen LogP contribution in [0.25, 0.3) is 0 Å². The largest absolute Gasteiger partial charge is 0.468 e. The monoisotopic (exact) mass is 385 g/mol. The van der Waals surface area contributed by atoms with Crippen molar-refractivity contribution in [3.63, 3.8) is 0 Å². The molecule has 0 spiro atoms. The Kier molecular flexibility index (Phi) is 7.26. The molecule has 0 unspecified atom stereocenters. The summed E-state index contributed by atoms with van der Waals surface area (Å²) < 4.78 is 4.69. The smallest absolute Gasteiger partial charge is 0.320 e. The van der Waals surface area contributed by atoms with E-state index in [0.717, 1.165) is 0 Å². The van der Waals surface area contributed by atoms with Gasteiger partial charge < -0.3 is 20.3 Å². The highest BCUT2D eigenvalue weighted by atomic mass is 32.2. The van der Waals surface area contributed by atoms with Gasteiger partial charge in [-0.25, -0.2) is 0 Å². The third kappa shape index (κ3) is 5.75. The van der Waals surface area contributed by atoms with Crippen LogP contribution in [0.5, 0.6) is 0 Å². The fourth-order valence-electron chi connectivity index (χ4n) is 2.15. The second-order valence-electron chi connectivity index (χ2n) is 5.16. The summed E-state index contributed by atoms with van der Waals surface area (Å²) in [5.41, 5.74) is 0. The third-order valence-corrected chi connectivity index (χ3v) is 5.51. The van der Waals surface area contributed by atoms with E-state index in [1.165, 1.54) is 35.1 Å². The number of methoxy groups -OCH3 is 1. The minimum absolute atomic E-state index is 0.174. The Balaban J connectivity index is 1.71. The van der Waals surface area contributed by atoms with Gasteiger partial charge in [0, 0.05) is 18.8 Å². The summed E-state index contributed by atoms with van der Waals surface area (Å²) in [4.78, 5) is 49.2. The van der Waals surface area contributed by atoms with Gasteiger partial charge in [-0.05, 0) is 11.4 Å². The molecule has 1 aromatic heterocycles. The van der Waals surface area contributed by atoms with Crippen LogP contribution in [0, 0.1) is 0 Å². The zero-order valence-corrected chi connectivity index (χ0v) is 15.3. The molecule has 1 aliphatic rings. The summed E-state index contributed by atoms with van der Waals surface area (Å²) in [6.07, 6.45) is 0. The molecule has 3 amide bonds. The normalized spacial score (nSPS) is 16.8. The molecule has 2 N–H and O–H groups in total. The highest BCUT2D eigenvalue weighted by Gasteiger charge is 2.29. The summed E-state index contributed by atoms with van der Waals surface area (Å²) in [6, 6.07) is 3.41. The standard InChI is InChI=1S/C15H19N3O5S2/c1-23-15(22)11-9-18(4-6-25-11)13(20)8-16-12(19)7-17-14(21)10-3-2-5-24-10/h2-3,5,11H,4,6-9H2,1H3,(H,16,19)(H,17,21)/t11-/m1/s1. The summed E-state index contributed by atoms with van der Waals surface area (Å²) >= 11 is 2.73. The van der Waals surface area contributed by atoms with Crippen LogP contribution < -0.4 is 10.6 Å². The van der Waals surface area contributed by atoms with Crippen molar-refractivity contribution in [2.24, 2.45) is 0 Å². The molecule has 8 nitrogen and oxygen atoms in total. The molecule has 1 saturated heterocycles. The van der Waals surface area contributed by atoms with Crippen molar-refractivity contribution >= 4 is 46.8 Å². The van der Waals surface area contributed by atoms with E-state index in [4.69, 9.17) is 4.74 Å². The molecule has 0 saturated carbocycles. The number of rotatable bonds is 6. The van der Waals surface area contributed by atoms with Crippen LogP contribution in [0.2, 0.25) is 0 Å². The lowest BCUT2D eigenvalue weighted by atomic mass is 10.3. The van der Waals surface area contributed by atoms with Crippen molar-refractivity contribution in [3.8, 4) is 0 Å². The predicted molar refractivity (Wildman–Crippen MR) is 94.5 cm³/mol. The first-order chi connectivity index (χ1) is 12.0. The minimum Gasteiger partial charge on any atom is -0.468 e. The van der Waals surface area contributed by atoms with Crippen LogP contribution in [0.3, 0.4) is 0 Å². The Morgan fingerprint density at radius 1 is 1.28 bits per heavy atom. The average Bonchev–Trinajstić information content (AvgIpc) is 3.18. The van der Waals surface area contributed by atoms with Crippen LogP contribution in [0.1, 0.15) is 9.67 Å². The van der Waals surface area contributed by atoms with Gasteiger partial charge in [-0.2, -0.15) is 0 Å². The Labute approximate surface area is 153 Å². The van der Waals surface area contributed by atoms with Crippen molar-refractivity contribution in [2.45, 2.75) is 5.25 Å². The fraction of sp³-hybridized carbons (Fsp3) is 0.467. The molecule has 1 aromatic rings. The first kappa shape index (κ1) is 19.3. The van der Waals surface area contributed by atoms with Crippen LogP contribution in [0.15, 0.2) is 17.5 Å². The maximum Gasteiger partial charge on any atom is 0.320 e. The molecule has 2 rings (SSSR count). The molecule has 10 heteroatoms. The lowest BCUT2D eigenvalue weighted by molar-refractivity contribution is -0.141. The first-order valence-electron chi connectivity index (χ1n) is 7.57. The van der Waals surface area contributed by atoms with Crippen LogP contribution in [-0.4, -0.2) is 72.9 Å². The minimum atomic E-state index is -0.450. The number of amides is 3. The maximum absolute atomic E-state index is 12.1. The van der Waals surface area contributed by atoms with E-state index in [1.807, 2.05) is 0 Å². The van der Waals surface area contributed by atoms with Crippen molar-refractivity contribution < 1.29 is 23.9 Å².